The molecule has 0 aliphatic rings. The first-order valence-electron chi connectivity index (χ1n) is 7.60. The third kappa shape index (κ3) is 4.24. The zero-order valence-electron chi connectivity index (χ0n) is 13.3. The van der Waals surface area contributed by atoms with Crippen molar-refractivity contribution in [1.29, 1.82) is 0 Å². The number of anilines is 3. The average molecular weight is 354 g/mol. The van der Waals surface area contributed by atoms with Gasteiger partial charge >= 0.3 is 0 Å². The highest BCUT2D eigenvalue weighted by molar-refractivity contribution is 6.30. The summed E-state index contributed by atoms with van der Waals surface area (Å²) < 4.78 is 0.763. The number of aromatic nitrogens is 3. The van der Waals surface area contributed by atoms with E-state index >= 15 is 0 Å². The third-order valence-electron chi connectivity index (χ3n) is 3.38. The molecule has 3 rings (SSSR count). The van der Waals surface area contributed by atoms with Crippen LogP contribution in [0.1, 0.15) is 0 Å². The summed E-state index contributed by atoms with van der Waals surface area (Å²) in [5, 5.41) is 18.5. The Morgan fingerprint density at radius 2 is 2.12 bits per heavy atom. The Bertz CT molecular complexity index is 900. The first-order chi connectivity index (χ1) is 12.2. The van der Waals surface area contributed by atoms with E-state index in [1.165, 1.54) is 6.20 Å². The molecule has 2 aromatic heterocycles. The van der Waals surface area contributed by atoms with Crippen molar-refractivity contribution < 1.29 is 4.73 Å². The number of halogens is 1. The molecule has 1 aromatic carbocycles. The average Bonchev–Trinajstić information content (AvgIpc) is 2.61. The maximum Gasteiger partial charge on any atom is 0.278 e. The molecule has 0 unspecified atom stereocenters. The number of rotatable bonds is 6. The molecule has 25 heavy (non-hydrogen) atoms. The van der Waals surface area contributed by atoms with E-state index in [1.807, 2.05) is 12.1 Å². The summed E-state index contributed by atoms with van der Waals surface area (Å²) in [5.41, 5.74) is 2.29. The predicted octanol–water partition coefficient (Wildman–Crippen LogP) is 3.77. The molecule has 0 aliphatic heterocycles. The van der Waals surface area contributed by atoms with E-state index in [4.69, 9.17) is 11.6 Å². The molecule has 3 aromatic rings. The van der Waals surface area contributed by atoms with E-state index in [0.29, 0.717) is 29.0 Å². The number of hydrogen-bond donors (Lipinski definition) is 2. The highest BCUT2D eigenvalue weighted by atomic mass is 35.5. The molecular formula is C18H16ClN5O. The second-order valence-electron chi connectivity index (χ2n) is 5.20. The van der Waals surface area contributed by atoms with Gasteiger partial charge in [0.1, 0.15) is 6.54 Å². The van der Waals surface area contributed by atoms with Crippen molar-refractivity contribution in [2.24, 2.45) is 0 Å². The van der Waals surface area contributed by atoms with Crippen LogP contribution in [-0.4, -0.2) is 16.5 Å². The van der Waals surface area contributed by atoms with E-state index < -0.39 is 0 Å². The van der Waals surface area contributed by atoms with Gasteiger partial charge in [0, 0.05) is 28.5 Å². The van der Waals surface area contributed by atoms with Crippen LogP contribution in [0.2, 0.25) is 5.02 Å². The molecule has 0 aliphatic carbocycles. The van der Waals surface area contributed by atoms with Crippen LogP contribution in [-0.2, 0) is 0 Å². The van der Waals surface area contributed by atoms with Gasteiger partial charge in [0.15, 0.2) is 0 Å². The minimum Gasteiger partial charge on any atom is -0.711 e. The quantitative estimate of drug-likeness (QED) is 0.400. The molecule has 0 fully saturated rings. The number of pyridine rings is 1. The van der Waals surface area contributed by atoms with Crippen molar-refractivity contribution in [3.05, 3.63) is 77.7 Å². The highest BCUT2D eigenvalue weighted by Crippen LogP contribution is 2.22. The SMILES string of the molecule is C=CCNc1cc(-c2ccnc(Nc3cccc(Cl)c3)n2)cc[n+]1[O-]. The van der Waals surface area contributed by atoms with E-state index in [1.54, 1.807) is 42.6 Å². The van der Waals surface area contributed by atoms with E-state index in [2.05, 4.69) is 27.2 Å². The Morgan fingerprint density at radius 3 is 2.92 bits per heavy atom. The van der Waals surface area contributed by atoms with Gasteiger partial charge in [0.2, 0.25) is 5.95 Å². The van der Waals surface area contributed by atoms with Crippen LogP contribution in [0.5, 0.6) is 0 Å². The van der Waals surface area contributed by atoms with Gasteiger partial charge in [-0.05, 0) is 30.3 Å². The van der Waals surface area contributed by atoms with Crippen LogP contribution < -0.4 is 15.4 Å². The zero-order valence-corrected chi connectivity index (χ0v) is 14.1. The van der Waals surface area contributed by atoms with Gasteiger partial charge < -0.3 is 10.5 Å². The molecule has 126 valence electrons. The van der Waals surface area contributed by atoms with Crippen LogP contribution in [0.15, 0.2) is 67.5 Å². The van der Waals surface area contributed by atoms with Crippen LogP contribution in [0.25, 0.3) is 11.3 Å². The summed E-state index contributed by atoms with van der Waals surface area (Å²) >= 11 is 5.99. The summed E-state index contributed by atoms with van der Waals surface area (Å²) in [6.07, 6.45) is 4.78. The molecule has 0 bridgehead atoms. The van der Waals surface area contributed by atoms with E-state index in [-0.39, 0.29) is 0 Å². The topological polar surface area (TPSA) is 76.8 Å². The number of nitrogens with one attached hydrogen (secondary N) is 2. The Kier molecular flexibility index (Phi) is 5.11. The van der Waals surface area contributed by atoms with Crippen LogP contribution in [0.4, 0.5) is 17.5 Å². The predicted molar refractivity (Wildman–Crippen MR) is 99.8 cm³/mol. The van der Waals surface area contributed by atoms with Gasteiger partial charge in [-0.1, -0.05) is 30.3 Å². The number of benzene rings is 1. The molecule has 0 amide bonds. The monoisotopic (exact) mass is 353 g/mol. The number of nitrogens with zero attached hydrogens (tertiary/aromatic N) is 3. The highest BCUT2D eigenvalue weighted by Gasteiger charge is 2.08. The Labute approximate surface area is 150 Å². The fraction of sp³-hybridized carbons (Fsp3) is 0.0556. The fourth-order valence-corrected chi connectivity index (χ4v) is 2.42. The summed E-state index contributed by atoms with van der Waals surface area (Å²) in [4.78, 5) is 8.71. The van der Waals surface area contributed by atoms with Crippen LogP contribution in [0.3, 0.4) is 0 Å². The van der Waals surface area contributed by atoms with Crippen molar-refractivity contribution in [3.63, 3.8) is 0 Å². The maximum absolute atomic E-state index is 11.8. The lowest BCUT2D eigenvalue weighted by molar-refractivity contribution is -0.590. The zero-order chi connectivity index (χ0) is 17.6. The number of hydrogen-bond acceptors (Lipinski definition) is 5. The maximum atomic E-state index is 11.8. The van der Waals surface area contributed by atoms with Gasteiger partial charge in [-0.15, -0.1) is 0 Å². The largest absolute Gasteiger partial charge is 0.711 e. The van der Waals surface area contributed by atoms with Crippen molar-refractivity contribution >= 4 is 29.1 Å². The standard InChI is InChI=1S/C18H16ClN5O/c1-2-8-20-17-11-13(7-10-24(17)25)16-6-9-21-18(23-16)22-15-5-3-4-14(19)12-15/h2-7,9-12,20H,1,8H2,(H,21,22,23). The normalized spacial score (nSPS) is 10.3. The Hall–Kier alpha value is -3.12. The molecular weight excluding hydrogens is 338 g/mol. The lowest BCUT2D eigenvalue weighted by Crippen LogP contribution is -2.30. The molecule has 0 radical (unpaired) electrons. The molecule has 0 spiro atoms. The summed E-state index contributed by atoms with van der Waals surface area (Å²) in [7, 11) is 0. The molecule has 0 saturated carbocycles. The van der Waals surface area contributed by atoms with E-state index in [0.717, 1.165) is 16.0 Å². The van der Waals surface area contributed by atoms with Gasteiger partial charge in [0.05, 0.1) is 11.9 Å². The third-order valence-corrected chi connectivity index (χ3v) is 3.61. The van der Waals surface area contributed by atoms with Crippen molar-refractivity contribution in [3.8, 4) is 11.3 Å². The van der Waals surface area contributed by atoms with Gasteiger partial charge in [0.25, 0.3) is 5.82 Å². The van der Waals surface area contributed by atoms with Gasteiger partial charge in [-0.25, -0.2) is 14.7 Å². The summed E-state index contributed by atoms with van der Waals surface area (Å²) in [6.45, 7) is 4.13. The molecule has 7 heteroatoms. The molecule has 2 N–H and O–H groups in total. The molecule has 2 heterocycles. The van der Waals surface area contributed by atoms with Crippen LogP contribution >= 0.6 is 11.6 Å². The first-order valence-corrected chi connectivity index (χ1v) is 7.97. The molecule has 0 saturated heterocycles. The lowest BCUT2D eigenvalue weighted by Gasteiger charge is -2.10. The van der Waals surface area contributed by atoms with E-state index in [9.17, 15) is 5.21 Å². The summed E-state index contributed by atoms with van der Waals surface area (Å²) in [6, 6.07) is 12.5. The minimum absolute atomic E-state index is 0.431. The smallest absolute Gasteiger partial charge is 0.278 e. The van der Waals surface area contributed by atoms with Gasteiger partial charge in [-0.3, -0.25) is 5.32 Å². The first kappa shape index (κ1) is 16.7. The Morgan fingerprint density at radius 1 is 1.24 bits per heavy atom. The molecule has 6 nitrogen and oxygen atoms in total. The van der Waals surface area contributed by atoms with Gasteiger partial charge in [-0.2, -0.15) is 0 Å². The van der Waals surface area contributed by atoms with Crippen molar-refractivity contribution in [2.45, 2.75) is 0 Å². The van der Waals surface area contributed by atoms with Crippen molar-refractivity contribution in [1.82, 2.24) is 9.97 Å². The van der Waals surface area contributed by atoms with Crippen molar-refractivity contribution in [2.75, 3.05) is 17.2 Å². The second-order valence-corrected chi connectivity index (χ2v) is 5.63. The second kappa shape index (κ2) is 7.63. The summed E-state index contributed by atoms with van der Waals surface area (Å²) in [5.74, 6) is 0.875. The lowest BCUT2D eigenvalue weighted by atomic mass is 10.2. The minimum atomic E-state index is 0.431. The van der Waals surface area contributed by atoms with Crippen LogP contribution in [0, 0.1) is 5.21 Å². The fourth-order valence-electron chi connectivity index (χ4n) is 2.23. The Balaban J connectivity index is 1.87. The molecule has 0 atom stereocenters.